The van der Waals surface area contributed by atoms with E-state index in [9.17, 15) is 14.4 Å². The maximum absolute atomic E-state index is 13.0. The molecule has 1 unspecified atom stereocenters. The van der Waals surface area contributed by atoms with Crippen molar-refractivity contribution in [3.8, 4) is 17.2 Å². The molecule has 1 fully saturated rings. The number of methoxy groups -OCH3 is 1. The molecule has 2 heterocycles. The van der Waals surface area contributed by atoms with Gasteiger partial charge in [-0.1, -0.05) is 18.2 Å². The predicted octanol–water partition coefficient (Wildman–Crippen LogP) is 2.16. The summed E-state index contributed by atoms with van der Waals surface area (Å²) in [6, 6.07) is 11.4. The molecule has 0 aromatic heterocycles. The van der Waals surface area contributed by atoms with Crippen molar-refractivity contribution in [1.82, 2.24) is 10.2 Å². The maximum Gasteiger partial charge on any atom is 0.325 e. The lowest BCUT2D eigenvalue weighted by Gasteiger charge is -2.21. The van der Waals surface area contributed by atoms with Crippen molar-refractivity contribution in [1.29, 1.82) is 0 Å². The van der Waals surface area contributed by atoms with Crippen molar-refractivity contribution in [2.24, 2.45) is 0 Å². The summed E-state index contributed by atoms with van der Waals surface area (Å²) in [4.78, 5) is 39.0. The summed E-state index contributed by atoms with van der Waals surface area (Å²) >= 11 is 0. The molecule has 8 heteroatoms. The van der Waals surface area contributed by atoms with Gasteiger partial charge in [0.05, 0.1) is 13.7 Å². The molecule has 2 aromatic rings. The number of carbonyl (C=O) groups excluding carboxylic acids is 3. The van der Waals surface area contributed by atoms with Gasteiger partial charge in [-0.3, -0.25) is 14.5 Å². The number of ether oxygens (including phenoxy) is 3. The monoisotopic (exact) mass is 396 g/mol. The lowest BCUT2D eigenvalue weighted by molar-refractivity contribution is -0.130. The first-order valence-electron chi connectivity index (χ1n) is 9.09. The first-order valence-corrected chi connectivity index (χ1v) is 9.09. The van der Waals surface area contributed by atoms with Gasteiger partial charge in [0.25, 0.3) is 5.91 Å². The van der Waals surface area contributed by atoms with E-state index in [1.54, 1.807) is 43.3 Å². The molecular formula is C21H20N2O6. The summed E-state index contributed by atoms with van der Waals surface area (Å²) < 4.78 is 15.8. The molecule has 1 saturated heterocycles. The molecule has 0 bridgehead atoms. The number of Topliss-reactive ketones (excluding diaryl/α,β-unsaturated/α-hetero) is 1. The summed E-state index contributed by atoms with van der Waals surface area (Å²) in [5.41, 5.74) is 0.0279. The van der Waals surface area contributed by atoms with Crippen LogP contribution in [0, 0.1) is 0 Å². The van der Waals surface area contributed by atoms with Crippen LogP contribution in [0.5, 0.6) is 17.2 Å². The van der Waals surface area contributed by atoms with Crippen molar-refractivity contribution in [3.05, 3.63) is 53.6 Å². The average molecular weight is 396 g/mol. The van der Waals surface area contributed by atoms with Gasteiger partial charge < -0.3 is 19.5 Å². The molecule has 0 aliphatic carbocycles. The van der Waals surface area contributed by atoms with Gasteiger partial charge in [-0.25, -0.2) is 4.79 Å². The van der Waals surface area contributed by atoms with Crippen LogP contribution < -0.4 is 19.5 Å². The molecule has 150 valence electrons. The number of benzene rings is 2. The number of nitrogens with zero attached hydrogens (tertiary/aromatic N) is 1. The summed E-state index contributed by atoms with van der Waals surface area (Å²) in [6.07, 6.45) is 0.262. The van der Waals surface area contributed by atoms with Gasteiger partial charge in [0.2, 0.25) is 6.79 Å². The van der Waals surface area contributed by atoms with Crippen LogP contribution in [-0.4, -0.2) is 48.6 Å². The normalized spacial score (nSPS) is 20.0. The molecule has 4 rings (SSSR count). The number of hydrogen-bond acceptors (Lipinski definition) is 6. The maximum atomic E-state index is 13.0. The van der Waals surface area contributed by atoms with E-state index < -0.39 is 17.5 Å². The molecule has 0 radical (unpaired) electrons. The summed E-state index contributed by atoms with van der Waals surface area (Å²) in [5.74, 6) is 0.982. The summed E-state index contributed by atoms with van der Waals surface area (Å²) in [5, 5.41) is 2.71. The zero-order valence-electron chi connectivity index (χ0n) is 16.1. The highest BCUT2D eigenvalue weighted by atomic mass is 16.7. The van der Waals surface area contributed by atoms with E-state index in [2.05, 4.69) is 5.32 Å². The molecule has 0 saturated carbocycles. The zero-order chi connectivity index (χ0) is 20.6. The van der Waals surface area contributed by atoms with E-state index in [4.69, 9.17) is 14.2 Å². The molecule has 1 N–H and O–H groups in total. The van der Waals surface area contributed by atoms with Gasteiger partial charge in [0, 0.05) is 12.0 Å². The minimum Gasteiger partial charge on any atom is -0.497 e. The fourth-order valence-electron chi connectivity index (χ4n) is 3.50. The molecular weight excluding hydrogens is 376 g/mol. The lowest BCUT2D eigenvalue weighted by atomic mass is 9.92. The second-order valence-electron chi connectivity index (χ2n) is 7.17. The Bertz CT molecular complexity index is 1000. The van der Waals surface area contributed by atoms with Crippen LogP contribution in [0.1, 0.15) is 22.8 Å². The number of carbonyl (C=O) groups is 3. The number of urea groups is 1. The molecule has 1 atom stereocenters. The Hall–Kier alpha value is -3.55. The van der Waals surface area contributed by atoms with E-state index in [0.29, 0.717) is 22.8 Å². The fourth-order valence-corrected chi connectivity index (χ4v) is 3.50. The Balaban J connectivity index is 1.49. The first-order chi connectivity index (χ1) is 13.9. The third-order valence-electron chi connectivity index (χ3n) is 5.03. The molecule has 2 aliphatic rings. The van der Waals surface area contributed by atoms with E-state index in [0.717, 1.165) is 10.5 Å². The number of nitrogens with one attached hydrogen (secondary N) is 1. The lowest BCUT2D eigenvalue weighted by Crippen LogP contribution is -2.46. The second-order valence-corrected chi connectivity index (χ2v) is 7.17. The topological polar surface area (TPSA) is 94.2 Å². The molecule has 29 heavy (non-hydrogen) atoms. The van der Waals surface area contributed by atoms with Crippen LogP contribution >= 0.6 is 0 Å². The summed E-state index contributed by atoms with van der Waals surface area (Å²) in [7, 11) is 1.50. The minimum absolute atomic E-state index is 0.159. The molecule has 3 amide bonds. The van der Waals surface area contributed by atoms with Gasteiger partial charge >= 0.3 is 6.03 Å². The van der Waals surface area contributed by atoms with Crippen LogP contribution in [0.3, 0.4) is 0 Å². The highest BCUT2D eigenvalue weighted by Gasteiger charge is 2.48. The van der Waals surface area contributed by atoms with Crippen LogP contribution in [-0.2, 0) is 11.2 Å². The molecule has 0 spiro atoms. The largest absolute Gasteiger partial charge is 0.497 e. The van der Waals surface area contributed by atoms with Gasteiger partial charge in [0.15, 0.2) is 17.3 Å². The zero-order valence-corrected chi connectivity index (χ0v) is 16.1. The summed E-state index contributed by atoms with van der Waals surface area (Å²) in [6.45, 7) is 1.47. The van der Waals surface area contributed by atoms with E-state index in [1.165, 1.54) is 7.11 Å². The number of fused-ring (bicyclic) bond motifs is 1. The SMILES string of the molecule is COc1cccc(C(=O)CN2C(=O)NC(C)(Cc3ccc4c(c3)OCO4)C2=O)c1. The Morgan fingerprint density at radius 1 is 1.17 bits per heavy atom. The Morgan fingerprint density at radius 3 is 2.76 bits per heavy atom. The quantitative estimate of drug-likeness (QED) is 0.594. The van der Waals surface area contributed by atoms with Crippen LogP contribution in [0.25, 0.3) is 0 Å². The van der Waals surface area contributed by atoms with Crippen LogP contribution in [0.4, 0.5) is 4.79 Å². The number of ketones is 1. The number of hydrogen-bond donors (Lipinski definition) is 1. The second kappa shape index (κ2) is 7.12. The highest BCUT2D eigenvalue weighted by Crippen LogP contribution is 2.34. The molecule has 2 aromatic carbocycles. The van der Waals surface area contributed by atoms with Crippen molar-refractivity contribution < 1.29 is 28.6 Å². The van der Waals surface area contributed by atoms with E-state index >= 15 is 0 Å². The number of amides is 3. The van der Waals surface area contributed by atoms with Gasteiger partial charge in [-0.15, -0.1) is 0 Å². The van der Waals surface area contributed by atoms with Gasteiger partial charge in [-0.2, -0.15) is 0 Å². The fraction of sp³-hybridized carbons (Fsp3) is 0.286. The Labute approximate surface area is 167 Å². The third-order valence-corrected chi connectivity index (χ3v) is 5.03. The number of rotatable bonds is 6. The minimum atomic E-state index is -1.15. The Morgan fingerprint density at radius 2 is 1.97 bits per heavy atom. The van der Waals surface area contributed by atoms with Gasteiger partial charge in [-0.05, 0) is 36.8 Å². The average Bonchev–Trinajstić information content (AvgIpc) is 3.26. The van der Waals surface area contributed by atoms with Gasteiger partial charge in [0.1, 0.15) is 11.3 Å². The van der Waals surface area contributed by atoms with Crippen molar-refractivity contribution in [2.75, 3.05) is 20.4 Å². The number of imide groups is 1. The highest BCUT2D eigenvalue weighted by molar-refractivity contribution is 6.11. The third kappa shape index (κ3) is 3.49. The first kappa shape index (κ1) is 18.8. The Kier molecular flexibility index (Phi) is 4.62. The molecule has 2 aliphatic heterocycles. The molecule has 8 nitrogen and oxygen atoms in total. The van der Waals surface area contributed by atoms with Crippen molar-refractivity contribution >= 4 is 17.7 Å². The van der Waals surface area contributed by atoms with E-state index in [-0.39, 0.29) is 25.5 Å². The smallest absolute Gasteiger partial charge is 0.325 e. The predicted molar refractivity (Wildman–Crippen MR) is 102 cm³/mol. The van der Waals surface area contributed by atoms with Crippen molar-refractivity contribution in [3.63, 3.8) is 0 Å². The standard InChI is InChI=1S/C21H20N2O6/c1-21(10-13-6-7-17-18(8-13)29-12-28-17)19(25)23(20(26)22-21)11-16(24)14-4-3-5-15(9-14)27-2/h3-9H,10-12H2,1-2H3,(H,22,26). The van der Waals surface area contributed by atoms with Crippen molar-refractivity contribution in [2.45, 2.75) is 18.9 Å². The van der Waals surface area contributed by atoms with Crippen LogP contribution in [0.15, 0.2) is 42.5 Å². The van der Waals surface area contributed by atoms with Crippen LogP contribution in [0.2, 0.25) is 0 Å². The van der Waals surface area contributed by atoms with E-state index in [1.807, 2.05) is 6.07 Å².